The molecule has 1 aromatic heterocycles. The Kier molecular flexibility index (Phi) is 6.93. The summed E-state index contributed by atoms with van der Waals surface area (Å²) in [4.78, 5) is 32.7. The van der Waals surface area contributed by atoms with Crippen molar-refractivity contribution >= 4 is 11.8 Å². The molecule has 2 heterocycles. The third-order valence-electron chi connectivity index (χ3n) is 4.93. The topological polar surface area (TPSA) is 62.7 Å². The van der Waals surface area contributed by atoms with Crippen LogP contribution in [0.15, 0.2) is 24.5 Å². The molecule has 0 spiro atoms. The third-order valence-corrected chi connectivity index (χ3v) is 4.93. The van der Waals surface area contributed by atoms with Gasteiger partial charge in [-0.05, 0) is 49.8 Å². The molecule has 1 atom stereocenters. The normalized spacial score (nSPS) is 20.4. The van der Waals surface area contributed by atoms with Gasteiger partial charge in [0.15, 0.2) is 0 Å². The van der Waals surface area contributed by atoms with Crippen molar-refractivity contribution < 1.29 is 14.3 Å². The first-order valence-electron chi connectivity index (χ1n) is 8.86. The maximum atomic E-state index is 12.9. The van der Waals surface area contributed by atoms with Crippen LogP contribution in [0.4, 0.5) is 0 Å². The number of pyridine rings is 1. The van der Waals surface area contributed by atoms with Gasteiger partial charge >= 0.3 is 0 Å². The fourth-order valence-corrected chi connectivity index (χ4v) is 3.70. The van der Waals surface area contributed by atoms with E-state index in [1.54, 1.807) is 36.3 Å². The van der Waals surface area contributed by atoms with E-state index < -0.39 is 5.41 Å². The zero-order valence-corrected chi connectivity index (χ0v) is 15.5. The number of likely N-dealkylation sites (tertiary alicyclic amines) is 1. The first kappa shape index (κ1) is 19.4. The van der Waals surface area contributed by atoms with E-state index in [-0.39, 0.29) is 18.4 Å². The van der Waals surface area contributed by atoms with E-state index in [1.807, 2.05) is 12.1 Å². The van der Waals surface area contributed by atoms with Gasteiger partial charge in [-0.2, -0.15) is 0 Å². The number of ether oxygens (including phenoxy) is 1. The second-order valence-electron chi connectivity index (χ2n) is 7.04. The van der Waals surface area contributed by atoms with Gasteiger partial charge in [0.05, 0.1) is 5.41 Å². The van der Waals surface area contributed by atoms with Crippen LogP contribution in [0.25, 0.3) is 0 Å². The van der Waals surface area contributed by atoms with Crippen molar-refractivity contribution in [2.45, 2.75) is 32.1 Å². The highest BCUT2D eigenvalue weighted by Crippen LogP contribution is 2.37. The minimum atomic E-state index is -0.488. The van der Waals surface area contributed by atoms with Gasteiger partial charge in [0.1, 0.15) is 6.61 Å². The lowest BCUT2D eigenvalue weighted by molar-refractivity contribution is -0.149. The smallest absolute Gasteiger partial charge is 0.248 e. The van der Waals surface area contributed by atoms with Crippen LogP contribution in [0.5, 0.6) is 0 Å². The molecule has 2 rings (SSSR count). The Morgan fingerprint density at radius 3 is 2.68 bits per heavy atom. The molecule has 0 unspecified atom stereocenters. The number of hydrogen-bond acceptors (Lipinski definition) is 4. The van der Waals surface area contributed by atoms with Crippen LogP contribution in [-0.4, -0.2) is 67.5 Å². The Balaban J connectivity index is 2.08. The molecule has 0 aliphatic carbocycles. The molecule has 0 N–H and O–H groups in total. The summed E-state index contributed by atoms with van der Waals surface area (Å²) >= 11 is 0. The molecule has 138 valence electrons. The molecule has 1 aliphatic heterocycles. The minimum Gasteiger partial charge on any atom is -0.375 e. The molecular formula is C19H29N3O3. The number of methoxy groups -OCH3 is 1. The minimum absolute atomic E-state index is 0.0349. The number of carbonyl (C=O) groups is 2. The SMILES string of the molecule is COCC(=O)N1CCC[C@](CCCc2ccncc2)(C(=O)N(C)C)C1. The van der Waals surface area contributed by atoms with Gasteiger partial charge in [-0.1, -0.05) is 0 Å². The third kappa shape index (κ3) is 5.01. The summed E-state index contributed by atoms with van der Waals surface area (Å²) in [6.07, 6.45) is 7.88. The summed E-state index contributed by atoms with van der Waals surface area (Å²) < 4.78 is 4.98. The number of aromatic nitrogens is 1. The van der Waals surface area contributed by atoms with Gasteiger partial charge in [-0.15, -0.1) is 0 Å². The van der Waals surface area contributed by atoms with Crippen molar-refractivity contribution in [2.75, 3.05) is 40.9 Å². The summed E-state index contributed by atoms with van der Waals surface area (Å²) in [5.74, 6) is 0.0874. The lowest BCUT2D eigenvalue weighted by Gasteiger charge is -2.43. The summed E-state index contributed by atoms with van der Waals surface area (Å²) in [6.45, 7) is 1.26. The average Bonchev–Trinajstić information content (AvgIpc) is 2.62. The van der Waals surface area contributed by atoms with E-state index in [0.717, 1.165) is 32.1 Å². The largest absolute Gasteiger partial charge is 0.375 e. The second kappa shape index (κ2) is 8.94. The van der Waals surface area contributed by atoms with Crippen LogP contribution in [-0.2, 0) is 20.7 Å². The Morgan fingerprint density at radius 2 is 2.04 bits per heavy atom. The maximum Gasteiger partial charge on any atom is 0.248 e. The lowest BCUT2D eigenvalue weighted by atomic mass is 9.74. The molecule has 0 aromatic carbocycles. The molecule has 25 heavy (non-hydrogen) atoms. The van der Waals surface area contributed by atoms with Crippen molar-refractivity contribution in [1.29, 1.82) is 0 Å². The van der Waals surface area contributed by atoms with Gasteiger partial charge in [0.2, 0.25) is 11.8 Å². The zero-order valence-electron chi connectivity index (χ0n) is 15.5. The van der Waals surface area contributed by atoms with Gasteiger partial charge in [-0.25, -0.2) is 0 Å². The van der Waals surface area contributed by atoms with Gasteiger partial charge < -0.3 is 14.5 Å². The number of hydrogen-bond donors (Lipinski definition) is 0. The molecule has 2 amide bonds. The highest BCUT2D eigenvalue weighted by atomic mass is 16.5. The van der Waals surface area contributed by atoms with E-state index in [4.69, 9.17) is 4.74 Å². The molecule has 0 bridgehead atoms. The highest BCUT2D eigenvalue weighted by molar-refractivity contribution is 5.84. The standard InChI is InChI=1S/C19H29N3O3/c1-21(2)18(24)19(9-4-6-16-7-11-20-12-8-16)10-5-13-22(15-19)17(23)14-25-3/h7-8,11-12H,4-6,9-10,13-15H2,1-3H3/t19-/m0/s1. The van der Waals surface area contributed by atoms with Crippen molar-refractivity contribution in [3.05, 3.63) is 30.1 Å². The van der Waals surface area contributed by atoms with Crippen LogP contribution in [0.3, 0.4) is 0 Å². The molecular weight excluding hydrogens is 318 g/mol. The molecule has 1 aliphatic rings. The summed E-state index contributed by atoms with van der Waals surface area (Å²) in [5.41, 5.74) is 0.739. The first-order chi connectivity index (χ1) is 12.0. The van der Waals surface area contributed by atoms with Crippen molar-refractivity contribution in [2.24, 2.45) is 5.41 Å². The van der Waals surface area contributed by atoms with Crippen molar-refractivity contribution in [1.82, 2.24) is 14.8 Å². The summed E-state index contributed by atoms with van der Waals surface area (Å²) in [5, 5.41) is 0. The Labute approximate surface area is 150 Å². The number of carbonyl (C=O) groups excluding carboxylic acids is 2. The van der Waals surface area contributed by atoms with E-state index in [1.165, 1.54) is 12.7 Å². The van der Waals surface area contributed by atoms with Crippen molar-refractivity contribution in [3.63, 3.8) is 0 Å². The Hall–Kier alpha value is -1.95. The number of nitrogens with zero attached hydrogens (tertiary/aromatic N) is 3. The van der Waals surface area contributed by atoms with E-state index in [9.17, 15) is 9.59 Å². The highest BCUT2D eigenvalue weighted by Gasteiger charge is 2.43. The molecule has 0 saturated carbocycles. The Morgan fingerprint density at radius 1 is 1.32 bits per heavy atom. The lowest BCUT2D eigenvalue weighted by Crippen LogP contribution is -2.53. The monoisotopic (exact) mass is 347 g/mol. The van der Waals surface area contributed by atoms with Crippen LogP contribution < -0.4 is 0 Å². The quantitative estimate of drug-likeness (QED) is 0.754. The predicted octanol–water partition coefficient (Wildman–Crippen LogP) is 1.75. The fraction of sp³-hybridized carbons (Fsp3) is 0.632. The van der Waals surface area contributed by atoms with Crippen molar-refractivity contribution in [3.8, 4) is 0 Å². The summed E-state index contributed by atoms with van der Waals surface area (Å²) in [6, 6.07) is 4.02. The van der Waals surface area contributed by atoms with Gasteiger partial charge in [0, 0.05) is 46.7 Å². The fourth-order valence-electron chi connectivity index (χ4n) is 3.70. The number of aryl methyl sites for hydroxylation is 1. The van der Waals surface area contributed by atoms with Crippen LogP contribution in [0.1, 0.15) is 31.2 Å². The first-order valence-corrected chi connectivity index (χ1v) is 8.86. The number of amides is 2. The molecule has 6 heteroatoms. The van der Waals surface area contributed by atoms with Crippen LogP contribution >= 0.6 is 0 Å². The molecule has 6 nitrogen and oxygen atoms in total. The van der Waals surface area contributed by atoms with Gasteiger partial charge in [-0.3, -0.25) is 14.6 Å². The average molecular weight is 347 g/mol. The maximum absolute atomic E-state index is 12.9. The number of rotatable bonds is 7. The molecule has 0 radical (unpaired) electrons. The second-order valence-corrected chi connectivity index (χ2v) is 7.04. The molecule has 1 fully saturated rings. The molecule has 1 saturated heterocycles. The Bertz CT molecular complexity index is 577. The van der Waals surface area contributed by atoms with Crippen LogP contribution in [0.2, 0.25) is 0 Å². The molecule has 1 aromatic rings. The zero-order chi connectivity index (χ0) is 18.3. The van der Waals surface area contributed by atoms with Crippen LogP contribution in [0, 0.1) is 5.41 Å². The van der Waals surface area contributed by atoms with Gasteiger partial charge in [0.25, 0.3) is 0 Å². The number of piperidine rings is 1. The van der Waals surface area contributed by atoms with E-state index in [2.05, 4.69) is 4.98 Å². The van der Waals surface area contributed by atoms with E-state index >= 15 is 0 Å². The predicted molar refractivity (Wildman–Crippen MR) is 96.0 cm³/mol. The summed E-state index contributed by atoms with van der Waals surface area (Å²) in [7, 11) is 5.11. The van der Waals surface area contributed by atoms with E-state index in [0.29, 0.717) is 13.1 Å².